The maximum absolute atomic E-state index is 5.76. The molecule has 0 spiro atoms. The number of nitrogens with one attached hydrogen (secondary N) is 1. The van der Waals surface area contributed by atoms with Crippen molar-refractivity contribution in [3.63, 3.8) is 0 Å². The maximum Gasteiger partial charge on any atom is 0.0576 e. The van der Waals surface area contributed by atoms with Gasteiger partial charge in [0.25, 0.3) is 0 Å². The van der Waals surface area contributed by atoms with Gasteiger partial charge in [0.15, 0.2) is 0 Å². The summed E-state index contributed by atoms with van der Waals surface area (Å²) in [6, 6.07) is 2.98. The van der Waals surface area contributed by atoms with E-state index in [-0.39, 0.29) is 0 Å². The van der Waals surface area contributed by atoms with E-state index < -0.39 is 0 Å². The van der Waals surface area contributed by atoms with E-state index in [0.29, 0.717) is 12.1 Å². The van der Waals surface area contributed by atoms with Crippen LogP contribution in [0.2, 0.25) is 0 Å². The third kappa shape index (κ3) is 3.04. The van der Waals surface area contributed by atoms with Crippen molar-refractivity contribution in [1.29, 1.82) is 0 Å². The molecule has 0 amide bonds. The van der Waals surface area contributed by atoms with Crippen molar-refractivity contribution in [2.24, 2.45) is 0 Å². The van der Waals surface area contributed by atoms with E-state index in [9.17, 15) is 0 Å². The molecule has 0 bridgehead atoms. The molecule has 1 aromatic heterocycles. The fourth-order valence-electron chi connectivity index (χ4n) is 3.72. The highest BCUT2D eigenvalue weighted by molar-refractivity contribution is 7.10. The van der Waals surface area contributed by atoms with Crippen LogP contribution in [0.15, 0.2) is 11.4 Å². The van der Waals surface area contributed by atoms with Gasteiger partial charge in [-0.05, 0) is 69.0 Å². The summed E-state index contributed by atoms with van der Waals surface area (Å²) in [4.78, 5) is 1.63. The zero-order valence-corrected chi connectivity index (χ0v) is 12.7. The van der Waals surface area contributed by atoms with Gasteiger partial charge in [-0.2, -0.15) is 0 Å². The van der Waals surface area contributed by atoms with Crippen molar-refractivity contribution in [2.75, 3.05) is 13.7 Å². The van der Waals surface area contributed by atoms with Gasteiger partial charge in [-0.25, -0.2) is 0 Å². The van der Waals surface area contributed by atoms with Crippen molar-refractivity contribution in [3.05, 3.63) is 21.9 Å². The van der Waals surface area contributed by atoms with Gasteiger partial charge in [-0.1, -0.05) is 0 Å². The lowest BCUT2D eigenvalue weighted by atomic mass is 9.80. The van der Waals surface area contributed by atoms with E-state index in [0.717, 1.165) is 12.5 Å². The number of rotatable bonds is 5. The van der Waals surface area contributed by atoms with E-state index in [1.54, 1.807) is 10.4 Å². The van der Waals surface area contributed by atoms with Gasteiger partial charge in [0.1, 0.15) is 0 Å². The highest BCUT2D eigenvalue weighted by Crippen LogP contribution is 2.38. The van der Waals surface area contributed by atoms with E-state index >= 15 is 0 Å². The second-order valence-corrected chi connectivity index (χ2v) is 6.91. The molecule has 1 aliphatic carbocycles. The molecular weight excluding hydrogens is 254 g/mol. The number of likely N-dealkylation sites (N-methyl/N-ethyl adjacent to an activating group) is 1. The van der Waals surface area contributed by atoms with Crippen LogP contribution in [0, 0.1) is 0 Å². The van der Waals surface area contributed by atoms with Crippen molar-refractivity contribution in [3.8, 4) is 0 Å². The summed E-state index contributed by atoms with van der Waals surface area (Å²) in [7, 11) is 2.13. The van der Waals surface area contributed by atoms with E-state index in [2.05, 4.69) is 23.8 Å². The highest BCUT2D eigenvalue weighted by atomic mass is 32.1. The minimum atomic E-state index is 0.529. The summed E-state index contributed by atoms with van der Waals surface area (Å²) in [5.74, 6) is 0.724. The van der Waals surface area contributed by atoms with Crippen LogP contribution in [-0.4, -0.2) is 25.8 Å². The lowest BCUT2D eigenvalue weighted by Gasteiger charge is -2.31. The molecule has 19 heavy (non-hydrogen) atoms. The van der Waals surface area contributed by atoms with Gasteiger partial charge in [0, 0.05) is 23.4 Å². The number of ether oxygens (including phenoxy) is 1. The van der Waals surface area contributed by atoms with Gasteiger partial charge in [0.2, 0.25) is 0 Å². The molecule has 1 aliphatic heterocycles. The van der Waals surface area contributed by atoms with Crippen LogP contribution in [0.1, 0.15) is 54.9 Å². The predicted octanol–water partition coefficient (Wildman–Crippen LogP) is 3.72. The topological polar surface area (TPSA) is 21.3 Å². The first-order chi connectivity index (χ1) is 9.38. The SMILES string of the molecule is CNC(CCC1CCCO1)C1CCCc2sccc21. The lowest BCUT2D eigenvalue weighted by Crippen LogP contribution is -2.34. The Balaban J connectivity index is 1.62. The molecule has 3 unspecified atom stereocenters. The normalized spacial score (nSPS) is 28.3. The van der Waals surface area contributed by atoms with Gasteiger partial charge >= 0.3 is 0 Å². The summed E-state index contributed by atoms with van der Waals surface area (Å²) in [6.45, 7) is 0.979. The summed E-state index contributed by atoms with van der Waals surface area (Å²) in [5.41, 5.74) is 1.63. The number of thiophene rings is 1. The molecule has 0 saturated carbocycles. The first-order valence-electron chi connectivity index (χ1n) is 7.73. The Bertz CT molecular complexity index is 397. The quantitative estimate of drug-likeness (QED) is 0.887. The molecular formula is C16H25NOS. The third-order valence-corrected chi connectivity index (χ3v) is 5.77. The largest absolute Gasteiger partial charge is 0.378 e. The van der Waals surface area contributed by atoms with Gasteiger partial charge < -0.3 is 10.1 Å². The van der Waals surface area contributed by atoms with Crippen LogP contribution in [0.3, 0.4) is 0 Å². The second-order valence-electron chi connectivity index (χ2n) is 5.91. The summed E-state index contributed by atoms with van der Waals surface area (Å²) in [6.07, 6.45) is 9.53. The molecule has 3 heteroatoms. The average molecular weight is 279 g/mol. The van der Waals surface area contributed by atoms with Crippen molar-refractivity contribution in [1.82, 2.24) is 5.32 Å². The van der Waals surface area contributed by atoms with Crippen LogP contribution in [0.5, 0.6) is 0 Å². The Morgan fingerprint density at radius 2 is 2.37 bits per heavy atom. The molecule has 2 aliphatic rings. The Labute approximate surface area is 120 Å². The molecule has 2 nitrogen and oxygen atoms in total. The summed E-state index contributed by atoms with van der Waals surface area (Å²) >= 11 is 1.95. The molecule has 0 aromatic carbocycles. The number of fused-ring (bicyclic) bond motifs is 1. The molecule has 3 atom stereocenters. The fourth-order valence-corrected chi connectivity index (χ4v) is 4.72. The van der Waals surface area contributed by atoms with Gasteiger partial charge in [-0.15, -0.1) is 11.3 Å². The van der Waals surface area contributed by atoms with Crippen molar-refractivity contribution < 1.29 is 4.74 Å². The zero-order valence-electron chi connectivity index (χ0n) is 11.9. The monoisotopic (exact) mass is 279 g/mol. The molecule has 0 radical (unpaired) electrons. The van der Waals surface area contributed by atoms with Crippen molar-refractivity contribution in [2.45, 2.75) is 63.0 Å². The highest BCUT2D eigenvalue weighted by Gasteiger charge is 2.28. The number of hydrogen-bond donors (Lipinski definition) is 1. The number of hydrogen-bond acceptors (Lipinski definition) is 3. The minimum Gasteiger partial charge on any atom is -0.378 e. The maximum atomic E-state index is 5.76. The minimum absolute atomic E-state index is 0.529. The second kappa shape index (κ2) is 6.38. The first kappa shape index (κ1) is 13.6. The molecule has 3 rings (SSSR count). The summed E-state index contributed by atoms with van der Waals surface area (Å²) in [5, 5.41) is 5.85. The Morgan fingerprint density at radius 1 is 1.42 bits per heavy atom. The predicted molar refractivity (Wildman–Crippen MR) is 81.1 cm³/mol. The molecule has 2 heterocycles. The number of aryl methyl sites for hydroxylation is 1. The lowest BCUT2D eigenvalue weighted by molar-refractivity contribution is 0.0986. The van der Waals surface area contributed by atoms with Gasteiger partial charge in [-0.3, -0.25) is 0 Å². The Kier molecular flexibility index (Phi) is 4.57. The smallest absolute Gasteiger partial charge is 0.0576 e. The third-order valence-electron chi connectivity index (χ3n) is 4.78. The first-order valence-corrected chi connectivity index (χ1v) is 8.61. The van der Waals surface area contributed by atoms with E-state index in [1.165, 1.54) is 44.9 Å². The van der Waals surface area contributed by atoms with Crippen LogP contribution in [-0.2, 0) is 11.2 Å². The average Bonchev–Trinajstić information content (AvgIpc) is 3.10. The van der Waals surface area contributed by atoms with Crippen LogP contribution < -0.4 is 5.32 Å². The zero-order chi connectivity index (χ0) is 13.1. The standard InChI is InChI=1S/C16H25NOS/c1-17-15(8-7-12-4-3-10-18-12)13-5-2-6-16-14(13)9-11-19-16/h9,11-13,15,17H,2-8,10H2,1H3. The van der Waals surface area contributed by atoms with Crippen LogP contribution in [0.25, 0.3) is 0 Å². The van der Waals surface area contributed by atoms with E-state index in [4.69, 9.17) is 4.74 Å². The molecule has 1 fully saturated rings. The molecule has 1 saturated heterocycles. The van der Waals surface area contributed by atoms with Crippen molar-refractivity contribution >= 4 is 11.3 Å². The fraction of sp³-hybridized carbons (Fsp3) is 0.750. The Morgan fingerprint density at radius 3 is 3.16 bits per heavy atom. The molecule has 1 aromatic rings. The summed E-state index contributed by atoms with van der Waals surface area (Å²) < 4.78 is 5.76. The molecule has 1 N–H and O–H groups in total. The van der Waals surface area contributed by atoms with E-state index in [1.807, 2.05) is 11.3 Å². The Hall–Kier alpha value is -0.380. The van der Waals surface area contributed by atoms with Crippen LogP contribution in [0.4, 0.5) is 0 Å². The van der Waals surface area contributed by atoms with Gasteiger partial charge in [0.05, 0.1) is 6.10 Å². The molecule has 106 valence electrons. The van der Waals surface area contributed by atoms with Crippen LogP contribution >= 0.6 is 11.3 Å².